The van der Waals surface area contributed by atoms with Crippen molar-refractivity contribution in [2.24, 2.45) is 40.9 Å². The van der Waals surface area contributed by atoms with Crippen LogP contribution in [0.5, 0.6) is 5.75 Å². The summed E-state index contributed by atoms with van der Waals surface area (Å²) in [5.74, 6) is 3.27. The minimum Gasteiger partial charge on any atom is -0.550 e. The molecule has 1 aromatic heterocycles. The first-order chi connectivity index (χ1) is 24.4. The number of esters is 1. The van der Waals surface area contributed by atoms with E-state index in [0.29, 0.717) is 30.1 Å². The SMILES string of the molecule is Cc1cc(-[s+]2c3ccccc3c3ccccc32)cc(C)c1OCC(=O)OC1(C)C2CC3CC(C2)CC1C3.O=C([O-])C12CC3CC(CC(O)(C3)C1)C2. The summed E-state index contributed by atoms with van der Waals surface area (Å²) in [4.78, 5) is 25.5. The van der Waals surface area contributed by atoms with Crippen LogP contribution >= 0.6 is 10.5 Å². The molecule has 12 rings (SSSR count). The van der Waals surface area contributed by atoms with E-state index in [1.54, 1.807) is 0 Å². The van der Waals surface area contributed by atoms with E-state index in [1.807, 2.05) is 0 Å². The molecule has 4 aromatic rings. The third-order valence-electron chi connectivity index (χ3n) is 14.1. The Morgan fingerprint density at radius 1 is 0.784 bits per heavy atom. The Bertz CT molecular complexity index is 1920. The van der Waals surface area contributed by atoms with Crippen LogP contribution in [0.1, 0.15) is 88.7 Å². The summed E-state index contributed by atoms with van der Waals surface area (Å²) in [6, 6.07) is 22.0. The molecule has 8 saturated carbocycles. The first-order valence-electron chi connectivity index (χ1n) is 19.2. The molecule has 1 heterocycles. The molecule has 0 saturated heterocycles. The van der Waals surface area contributed by atoms with E-state index in [9.17, 15) is 19.8 Å². The molecule has 1 N–H and O–H groups in total. The predicted molar refractivity (Wildman–Crippen MR) is 199 cm³/mol. The molecule has 51 heavy (non-hydrogen) atoms. The number of hydrogen-bond donors (Lipinski definition) is 1. The lowest BCUT2D eigenvalue weighted by molar-refractivity contribution is -0.331. The second-order valence-corrected chi connectivity index (χ2v) is 19.7. The number of carbonyl (C=O) groups is 2. The van der Waals surface area contributed by atoms with Crippen LogP contribution in [-0.2, 0) is 14.3 Å². The molecule has 268 valence electrons. The topological polar surface area (TPSA) is 95.9 Å². The van der Waals surface area contributed by atoms with E-state index < -0.39 is 17.0 Å². The van der Waals surface area contributed by atoms with E-state index in [1.165, 1.54) is 57.2 Å². The maximum absolute atomic E-state index is 13.0. The average Bonchev–Trinajstić information content (AvgIpc) is 3.40. The summed E-state index contributed by atoms with van der Waals surface area (Å²) in [5, 5.41) is 24.1. The minimum absolute atomic E-state index is 0.0275. The molecule has 0 aliphatic heterocycles. The molecule has 7 heteroatoms. The number of carbonyl (C=O) groups excluding carboxylic acids is 2. The number of hydrogen-bond acceptors (Lipinski definition) is 6. The van der Waals surface area contributed by atoms with Crippen molar-refractivity contribution in [1.82, 2.24) is 0 Å². The van der Waals surface area contributed by atoms with Gasteiger partial charge in [-0.2, -0.15) is 0 Å². The molecule has 8 aliphatic carbocycles. The summed E-state index contributed by atoms with van der Waals surface area (Å²) >= 11 is 0. The van der Waals surface area contributed by atoms with Gasteiger partial charge in [0.25, 0.3) is 0 Å². The highest BCUT2D eigenvalue weighted by Crippen LogP contribution is 2.62. The smallest absolute Gasteiger partial charge is 0.344 e. The van der Waals surface area contributed by atoms with Crippen molar-refractivity contribution in [1.29, 1.82) is 0 Å². The molecule has 3 aromatic carbocycles. The maximum Gasteiger partial charge on any atom is 0.344 e. The normalized spacial score (nSPS) is 35.5. The van der Waals surface area contributed by atoms with E-state index in [2.05, 4.69) is 81.4 Å². The van der Waals surface area contributed by atoms with Crippen LogP contribution in [0.15, 0.2) is 60.7 Å². The van der Waals surface area contributed by atoms with Crippen LogP contribution in [0, 0.1) is 54.8 Å². The van der Waals surface area contributed by atoms with Gasteiger partial charge in [0.15, 0.2) is 20.9 Å². The number of aryl methyl sites for hydroxylation is 2. The zero-order valence-electron chi connectivity index (χ0n) is 30.1. The number of thiophene rings is 1. The Balaban J connectivity index is 0.000000207. The van der Waals surface area contributed by atoms with Gasteiger partial charge >= 0.3 is 5.97 Å². The van der Waals surface area contributed by atoms with Gasteiger partial charge in [0.05, 0.1) is 5.60 Å². The molecule has 6 nitrogen and oxygen atoms in total. The zero-order chi connectivity index (χ0) is 35.3. The summed E-state index contributed by atoms with van der Waals surface area (Å²) in [7, 11) is -0.142. The first-order valence-corrected chi connectivity index (χ1v) is 20.5. The van der Waals surface area contributed by atoms with Gasteiger partial charge in [-0.15, -0.1) is 0 Å². The van der Waals surface area contributed by atoms with E-state index in [4.69, 9.17) is 9.47 Å². The quantitative estimate of drug-likeness (QED) is 0.160. The van der Waals surface area contributed by atoms with Crippen molar-refractivity contribution in [3.63, 3.8) is 0 Å². The highest BCUT2D eigenvalue weighted by atomic mass is 32.2. The lowest BCUT2D eigenvalue weighted by atomic mass is 9.48. The standard InChI is InChI=1S/C33H35O3S.C11H16O3/c1-20-12-26(37-29-10-6-4-8-27(29)28-9-5-7-11-30(28)37)13-21(2)32(20)35-19-31(34)36-33(3)24-15-22-14-23(17-24)18-25(33)16-22;12-9(13)10-2-7-1-8(3-10)5-11(14,4-7)6-10/h4-13,22-25H,14-19H2,1-3H3;7-8,14H,1-6H2,(H,12,13)/q+1;/p-1. The fourth-order valence-corrected chi connectivity index (χ4v) is 15.1. The fourth-order valence-electron chi connectivity index (χ4n) is 12.5. The Hall–Kier alpha value is -3.42. The van der Waals surface area contributed by atoms with Crippen molar-refractivity contribution >= 4 is 42.6 Å². The Kier molecular flexibility index (Phi) is 7.90. The molecule has 0 spiro atoms. The molecule has 8 fully saturated rings. The summed E-state index contributed by atoms with van der Waals surface area (Å²) in [6.07, 6.45) is 11.0. The number of aliphatic hydroxyl groups is 1. The molecule has 2 unspecified atom stereocenters. The highest BCUT2D eigenvalue weighted by Gasteiger charge is 2.58. The number of benzene rings is 3. The molecule has 2 atom stereocenters. The molecule has 0 radical (unpaired) electrons. The first kappa shape index (κ1) is 33.4. The van der Waals surface area contributed by atoms with Crippen LogP contribution in [0.3, 0.4) is 0 Å². The minimum atomic E-state index is -0.926. The molecule has 8 aliphatic rings. The second kappa shape index (κ2) is 12.1. The highest BCUT2D eigenvalue weighted by molar-refractivity contribution is 7.50. The van der Waals surface area contributed by atoms with Gasteiger partial charge in [0, 0.05) is 44.8 Å². The Morgan fingerprint density at radius 3 is 1.80 bits per heavy atom. The van der Waals surface area contributed by atoms with Gasteiger partial charge in [-0.3, -0.25) is 0 Å². The van der Waals surface area contributed by atoms with Crippen molar-refractivity contribution in [3.05, 3.63) is 71.8 Å². The molecular weight excluding hydrogens is 657 g/mol. The third kappa shape index (κ3) is 5.60. The molecule has 0 amide bonds. The zero-order valence-corrected chi connectivity index (χ0v) is 30.9. The number of ether oxygens (including phenoxy) is 2. The number of carboxylic acid groups (broad SMARTS) is 1. The van der Waals surface area contributed by atoms with Gasteiger partial charge in [-0.05, 0) is 162 Å². The number of fused-ring (bicyclic) bond motifs is 3. The van der Waals surface area contributed by atoms with Crippen molar-refractivity contribution in [2.75, 3.05) is 6.61 Å². The van der Waals surface area contributed by atoms with Crippen LogP contribution < -0.4 is 9.84 Å². The predicted octanol–water partition coefficient (Wildman–Crippen LogP) is 8.55. The Morgan fingerprint density at radius 2 is 1.29 bits per heavy atom. The van der Waals surface area contributed by atoms with Gasteiger partial charge in [0.1, 0.15) is 11.4 Å². The van der Waals surface area contributed by atoms with Gasteiger partial charge < -0.3 is 24.5 Å². The van der Waals surface area contributed by atoms with E-state index in [-0.39, 0.29) is 28.6 Å². The van der Waals surface area contributed by atoms with Crippen LogP contribution in [0.4, 0.5) is 0 Å². The van der Waals surface area contributed by atoms with Crippen LogP contribution in [0.25, 0.3) is 25.1 Å². The van der Waals surface area contributed by atoms with Crippen molar-refractivity contribution in [3.8, 4) is 10.6 Å². The number of aliphatic carboxylic acids is 1. The largest absolute Gasteiger partial charge is 0.550 e. The number of carboxylic acids is 1. The lowest BCUT2D eigenvalue weighted by Crippen LogP contribution is -2.60. The summed E-state index contributed by atoms with van der Waals surface area (Å²) < 4.78 is 15.1. The number of rotatable bonds is 6. The molecular formula is C44H50O6S. The average molecular weight is 707 g/mol. The maximum atomic E-state index is 13.0. The van der Waals surface area contributed by atoms with Crippen molar-refractivity contribution in [2.45, 2.75) is 103 Å². The van der Waals surface area contributed by atoms with E-state index >= 15 is 0 Å². The fraction of sp³-hybridized carbons (Fsp3) is 0.545. The monoisotopic (exact) mass is 706 g/mol. The lowest BCUT2D eigenvalue weighted by Gasteiger charge is -2.60. The van der Waals surface area contributed by atoms with Gasteiger partial charge in [0.2, 0.25) is 0 Å². The second-order valence-electron chi connectivity index (χ2n) is 17.7. The third-order valence-corrected chi connectivity index (χ3v) is 16.4. The summed E-state index contributed by atoms with van der Waals surface area (Å²) in [5.41, 5.74) is 0.464. The van der Waals surface area contributed by atoms with E-state index in [0.717, 1.165) is 60.8 Å². The molecule has 8 bridgehead atoms. The van der Waals surface area contributed by atoms with Crippen LogP contribution in [-0.4, -0.2) is 34.9 Å². The summed E-state index contributed by atoms with van der Waals surface area (Å²) in [6.45, 7) is 6.35. The van der Waals surface area contributed by atoms with Gasteiger partial charge in [-0.1, -0.05) is 24.3 Å². The van der Waals surface area contributed by atoms with Crippen molar-refractivity contribution < 1.29 is 29.3 Å². The van der Waals surface area contributed by atoms with Crippen LogP contribution in [0.2, 0.25) is 0 Å². The van der Waals surface area contributed by atoms with Gasteiger partial charge in [-0.25, -0.2) is 4.79 Å². The Labute approximate surface area is 303 Å².